The molecule has 510 valence electrons. The maximum atomic E-state index is 7.18. The van der Waals surface area contributed by atoms with E-state index >= 15 is 0 Å². The van der Waals surface area contributed by atoms with Crippen molar-refractivity contribution in [1.82, 2.24) is 29.1 Å². The van der Waals surface area contributed by atoms with Gasteiger partial charge in [-0.2, -0.15) is 0 Å². The first-order chi connectivity index (χ1) is 54.5. The Morgan fingerprint density at radius 3 is 1.14 bits per heavy atom. The molecule has 8 heterocycles. The van der Waals surface area contributed by atoms with Crippen LogP contribution in [0.1, 0.15) is 44.5 Å². The van der Waals surface area contributed by atoms with Gasteiger partial charge in [0.05, 0.1) is 32.9 Å². The van der Waals surface area contributed by atoms with Gasteiger partial charge in [0, 0.05) is 65.7 Å². The summed E-state index contributed by atoms with van der Waals surface area (Å²) in [6.07, 6.45) is 0. The molecule has 21 aromatic rings. The third-order valence-electron chi connectivity index (χ3n) is 23.9. The van der Waals surface area contributed by atoms with Crippen molar-refractivity contribution in [3.05, 3.63) is 384 Å². The van der Waals surface area contributed by atoms with Crippen molar-refractivity contribution in [2.45, 2.75) is 10.8 Å². The highest BCUT2D eigenvalue weighted by Crippen LogP contribution is 2.65. The van der Waals surface area contributed by atoms with Crippen molar-refractivity contribution < 1.29 is 18.3 Å². The fourth-order valence-corrected chi connectivity index (χ4v) is 19.3. The summed E-state index contributed by atoms with van der Waals surface area (Å²) in [6.45, 7) is 0. The van der Waals surface area contributed by atoms with E-state index in [1.54, 1.807) is 0 Å². The van der Waals surface area contributed by atoms with Crippen molar-refractivity contribution in [3.63, 3.8) is 0 Å². The SMILES string of the molecule is c1ccc(-c2nc(-n3c4ccccc4c4cc5c(cc43)C3(c4ccccc4O5)c4ccccc4-c4cc(-c5cccc(-c6ccc(-c7nc(-n8c9ccccc9c9cc%10c(cc98)C8(c9ccccc9O%10)c9ccccc9-c9ccccc98)nc8c7oc7ccccc78)cc6)c5)ccc43)nc3c2oc2ccccc23)cc1. The summed E-state index contributed by atoms with van der Waals surface area (Å²) in [7, 11) is 0. The van der Waals surface area contributed by atoms with Gasteiger partial charge in [0.1, 0.15) is 56.6 Å². The molecular weight excluding hydrogens is 1350 g/mol. The molecule has 1 atom stereocenters. The molecule has 6 aromatic heterocycles. The molecule has 4 aliphatic rings. The van der Waals surface area contributed by atoms with Crippen molar-refractivity contribution in [1.29, 1.82) is 0 Å². The van der Waals surface area contributed by atoms with Crippen LogP contribution >= 0.6 is 0 Å². The highest BCUT2D eigenvalue weighted by atomic mass is 16.5. The van der Waals surface area contributed by atoms with Crippen LogP contribution in [0, 0.1) is 0 Å². The highest BCUT2D eigenvalue weighted by Gasteiger charge is 2.53. The molecule has 0 fully saturated rings. The zero-order valence-electron chi connectivity index (χ0n) is 58.6. The lowest BCUT2D eigenvalue weighted by molar-refractivity contribution is 0.437. The first-order valence-corrected chi connectivity index (χ1v) is 37.3. The van der Waals surface area contributed by atoms with Gasteiger partial charge >= 0.3 is 0 Å². The van der Waals surface area contributed by atoms with Crippen LogP contribution in [0.5, 0.6) is 23.0 Å². The molecule has 10 heteroatoms. The lowest BCUT2D eigenvalue weighted by Gasteiger charge is -2.39. The van der Waals surface area contributed by atoms with E-state index in [9.17, 15) is 0 Å². The van der Waals surface area contributed by atoms with Gasteiger partial charge in [0.15, 0.2) is 11.2 Å². The summed E-state index contributed by atoms with van der Waals surface area (Å²) >= 11 is 0. The maximum absolute atomic E-state index is 7.18. The molecule has 0 saturated heterocycles. The van der Waals surface area contributed by atoms with Crippen LogP contribution in [0.15, 0.2) is 349 Å². The predicted octanol–water partition coefficient (Wildman–Crippen LogP) is 24.9. The molecule has 2 aliphatic heterocycles. The second kappa shape index (κ2) is 21.9. The van der Waals surface area contributed by atoms with E-state index in [0.717, 1.165) is 161 Å². The van der Waals surface area contributed by atoms with Gasteiger partial charge in [-0.1, -0.05) is 255 Å². The molecule has 0 radical (unpaired) electrons. The third-order valence-corrected chi connectivity index (χ3v) is 23.9. The van der Waals surface area contributed by atoms with Gasteiger partial charge in [0.25, 0.3) is 0 Å². The van der Waals surface area contributed by atoms with Gasteiger partial charge in [-0.25, -0.2) is 19.9 Å². The van der Waals surface area contributed by atoms with Gasteiger partial charge < -0.3 is 18.3 Å². The molecule has 110 heavy (non-hydrogen) atoms. The van der Waals surface area contributed by atoms with Gasteiger partial charge in [0.2, 0.25) is 11.9 Å². The first-order valence-electron chi connectivity index (χ1n) is 37.3. The molecule has 2 spiro atoms. The zero-order chi connectivity index (χ0) is 71.7. The number of rotatable bonds is 6. The Kier molecular flexibility index (Phi) is 11.9. The van der Waals surface area contributed by atoms with Crippen LogP contribution in [-0.4, -0.2) is 29.1 Å². The average molecular weight is 1410 g/mol. The van der Waals surface area contributed by atoms with Crippen molar-refractivity contribution >= 4 is 87.7 Å². The molecule has 25 rings (SSSR count). The summed E-state index contributed by atoms with van der Waals surface area (Å²) in [5, 5.41) is 6.06. The monoisotopic (exact) mass is 1400 g/mol. The average Bonchev–Trinajstić information content (AvgIpc) is 1.50. The van der Waals surface area contributed by atoms with Gasteiger partial charge in [-0.05, 0) is 152 Å². The number of ether oxygens (including phenoxy) is 2. The Morgan fingerprint density at radius 2 is 0.609 bits per heavy atom. The van der Waals surface area contributed by atoms with Crippen LogP contribution in [0.4, 0.5) is 0 Å². The van der Waals surface area contributed by atoms with E-state index in [-0.39, 0.29) is 0 Å². The molecule has 10 nitrogen and oxygen atoms in total. The fourth-order valence-electron chi connectivity index (χ4n) is 19.3. The largest absolute Gasteiger partial charge is 0.457 e. The number of furan rings is 2. The summed E-state index contributed by atoms with van der Waals surface area (Å²) < 4.78 is 32.2. The van der Waals surface area contributed by atoms with E-state index in [4.69, 9.17) is 38.2 Å². The normalized spacial score (nSPS) is 14.6. The lowest BCUT2D eigenvalue weighted by Crippen LogP contribution is -2.32. The second-order valence-corrected chi connectivity index (χ2v) is 29.4. The quantitative estimate of drug-likeness (QED) is 0.162. The predicted molar refractivity (Wildman–Crippen MR) is 437 cm³/mol. The van der Waals surface area contributed by atoms with E-state index in [1.165, 1.54) is 44.5 Å². The minimum atomic E-state index is -0.779. The third kappa shape index (κ3) is 7.89. The number of para-hydroxylation sites is 6. The summed E-state index contributed by atoms with van der Waals surface area (Å²) in [4.78, 5) is 22.2. The molecule has 0 amide bonds. The Morgan fingerprint density at radius 1 is 0.227 bits per heavy atom. The van der Waals surface area contributed by atoms with Crippen LogP contribution in [0.25, 0.3) is 167 Å². The van der Waals surface area contributed by atoms with Gasteiger partial charge in [-0.3, -0.25) is 9.13 Å². The number of hydrogen-bond acceptors (Lipinski definition) is 8. The Labute approximate surface area is 628 Å². The number of nitrogens with zero attached hydrogens (tertiary/aromatic N) is 6. The highest BCUT2D eigenvalue weighted by molar-refractivity contribution is 6.14. The lowest BCUT2D eigenvalue weighted by atomic mass is 9.66. The number of fused-ring (bicyclic) bond motifs is 30. The zero-order valence-corrected chi connectivity index (χ0v) is 58.6. The second-order valence-electron chi connectivity index (χ2n) is 29.4. The minimum Gasteiger partial charge on any atom is -0.457 e. The Bertz CT molecular complexity index is 7590. The molecule has 0 N–H and O–H groups in total. The smallest absolute Gasteiger partial charge is 0.236 e. The molecule has 2 aliphatic carbocycles. The van der Waals surface area contributed by atoms with Crippen LogP contribution in [-0.2, 0) is 10.8 Å². The van der Waals surface area contributed by atoms with Crippen molar-refractivity contribution in [3.8, 4) is 102 Å². The fraction of sp³-hybridized carbons (Fsp3) is 0.0200. The number of aromatic nitrogens is 6. The van der Waals surface area contributed by atoms with Crippen LogP contribution in [0.2, 0.25) is 0 Å². The van der Waals surface area contributed by atoms with E-state index in [2.05, 4.69) is 294 Å². The van der Waals surface area contributed by atoms with E-state index in [1.807, 2.05) is 54.6 Å². The first kappa shape index (κ1) is 59.5. The van der Waals surface area contributed by atoms with Crippen LogP contribution < -0.4 is 9.47 Å². The molecule has 1 unspecified atom stereocenters. The standard InChI is InChI=1S/C100H56N6O4/c1-2-23-58(24-3-1)91-95-93(68-32-9-18-41-85(68)109-95)103-97(101-91)105-81-39-16-7-31-67(81)72-54-90-80(56-84(72)105)100(78-38-15-21-44-88(78)108-90)75-36-13-6-29-65(75)70-52-62(49-50-76(70)100)61-26-22-25-60(51-61)57-45-47-59(48-46-57)92-96-94(69-33-10-19-42-86(69)110-96)104-98(102-92)106-82-40-17-8-30-66(82)71-53-89-79(55-83(71)106)99(77-37-14-20-43-87(77)107-89)73-34-11-4-27-63(73)64-28-5-12-35-74(64)99/h1-56H. The molecule has 15 aromatic carbocycles. The molecule has 0 bridgehead atoms. The topological polar surface area (TPSA) is 106 Å². The number of benzene rings is 15. The van der Waals surface area contributed by atoms with Crippen molar-refractivity contribution in [2.75, 3.05) is 0 Å². The van der Waals surface area contributed by atoms with E-state index in [0.29, 0.717) is 28.8 Å². The Balaban J connectivity index is 0.620. The number of hydrogen-bond donors (Lipinski definition) is 0. The summed E-state index contributed by atoms with van der Waals surface area (Å²) in [5.74, 6) is 4.38. The molecular formula is C100H56N6O4. The van der Waals surface area contributed by atoms with Crippen LogP contribution in [0.3, 0.4) is 0 Å². The Hall–Kier alpha value is -14.7. The summed E-state index contributed by atoms with van der Waals surface area (Å²) in [5.41, 5.74) is 28.3. The van der Waals surface area contributed by atoms with Crippen molar-refractivity contribution in [2.24, 2.45) is 0 Å². The minimum absolute atomic E-state index is 0.538. The summed E-state index contributed by atoms with van der Waals surface area (Å²) in [6, 6.07) is 121. The van der Waals surface area contributed by atoms with E-state index < -0.39 is 10.8 Å². The van der Waals surface area contributed by atoms with Gasteiger partial charge in [-0.15, -0.1) is 0 Å². The maximum Gasteiger partial charge on any atom is 0.236 e. The molecule has 0 saturated carbocycles.